The van der Waals surface area contributed by atoms with Crippen LogP contribution in [0.5, 0.6) is 5.75 Å². The summed E-state index contributed by atoms with van der Waals surface area (Å²) >= 11 is 3.68. The Morgan fingerprint density at radius 3 is 2.54 bits per heavy atom. The lowest BCUT2D eigenvalue weighted by Gasteiger charge is -2.29. The number of benzene rings is 1. The standard InChI is InChI=1S/C17H18BrN3O.2ClH/c1-21(2)15-9-12-13(18)6-7-14(22-3)16(12)17(20-15)11-5-4-8-19-10-11;;/h4-8,10,17H,9H2,1-3H3;2*1H. The Hall–Kier alpha value is -1.30. The summed E-state index contributed by atoms with van der Waals surface area (Å²) in [7, 11) is 5.76. The molecule has 1 aliphatic rings. The van der Waals surface area contributed by atoms with Crippen LogP contribution in [0.2, 0.25) is 0 Å². The van der Waals surface area contributed by atoms with Gasteiger partial charge in [-0.15, -0.1) is 24.8 Å². The number of ether oxygens (including phenoxy) is 1. The Balaban J connectivity index is 0.00000144. The molecule has 0 amide bonds. The van der Waals surface area contributed by atoms with Crippen LogP contribution in [0.3, 0.4) is 0 Å². The molecule has 7 heteroatoms. The van der Waals surface area contributed by atoms with Gasteiger partial charge in [0.15, 0.2) is 0 Å². The Kier molecular flexibility index (Phi) is 7.52. The molecule has 0 radical (unpaired) electrons. The van der Waals surface area contributed by atoms with Crippen LogP contribution < -0.4 is 4.74 Å². The summed E-state index contributed by atoms with van der Waals surface area (Å²) < 4.78 is 6.68. The van der Waals surface area contributed by atoms with E-state index in [1.54, 1.807) is 13.3 Å². The predicted octanol–water partition coefficient (Wildman–Crippen LogP) is 4.30. The number of hydrogen-bond donors (Lipinski definition) is 0. The summed E-state index contributed by atoms with van der Waals surface area (Å²) in [5.74, 6) is 1.92. The molecule has 24 heavy (non-hydrogen) atoms. The third-order valence-electron chi connectivity index (χ3n) is 3.88. The highest BCUT2D eigenvalue weighted by Gasteiger charge is 2.29. The highest BCUT2D eigenvalue weighted by atomic mass is 79.9. The molecule has 0 N–H and O–H groups in total. The Labute approximate surface area is 163 Å². The molecule has 3 rings (SSSR count). The van der Waals surface area contributed by atoms with Crippen molar-refractivity contribution in [2.24, 2.45) is 4.99 Å². The minimum Gasteiger partial charge on any atom is -0.496 e. The van der Waals surface area contributed by atoms with Crippen LogP contribution in [-0.2, 0) is 6.42 Å². The molecular weight excluding hydrogens is 413 g/mol. The second-order valence-electron chi connectivity index (χ2n) is 5.45. The molecule has 1 atom stereocenters. The minimum atomic E-state index is -0.0951. The van der Waals surface area contributed by atoms with Gasteiger partial charge in [-0.2, -0.15) is 0 Å². The summed E-state index contributed by atoms with van der Waals surface area (Å²) in [5, 5.41) is 0. The molecule has 0 saturated carbocycles. The number of methoxy groups -OCH3 is 1. The zero-order chi connectivity index (χ0) is 15.7. The van der Waals surface area contributed by atoms with Crippen LogP contribution in [0.1, 0.15) is 22.7 Å². The fraction of sp³-hybridized carbons (Fsp3) is 0.294. The first-order valence-electron chi connectivity index (χ1n) is 7.11. The molecule has 1 aromatic heterocycles. The molecule has 130 valence electrons. The Morgan fingerprint density at radius 1 is 1.21 bits per heavy atom. The van der Waals surface area contributed by atoms with Crippen molar-refractivity contribution in [3.05, 3.63) is 57.8 Å². The number of rotatable bonds is 2. The predicted molar refractivity (Wildman–Crippen MR) is 106 cm³/mol. The number of halogens is 3. The zero-order valence-electron chi connectivity index (χ0n) is 13.7. The molecule has 1 unspecified atom stereocenters. The number of aromatic nitrogens is 1. The average Bonchev–Trinajstić information content (AvgIpc) is 2.55. The van der Waals surface area contributed by atoms with Gasteiger partial charge in [-0.1, -0.05) is 22.0 Å². The van der Waals surface area contributed by atoms with Crippen molar-refractivity contribution in [1.82, 2.24) is 9.88 Å². The van der Waals surface area contributed by atoms with E-state index in [9.17, 15) is 0 Å². The van der Waals surface area contributed by atoms with E-state index in [0.29, 0.717) is 0 Å². The van der Waals surface area contributed by atoms with Crippen molar-refractivity contribution in [2.45, 2.75) is 12.5 Å². The van der Waals surface area contributed by atoms with Gasteiger partial charge in [-0.05, 0) is 29.3 Å². The van der Waals surface area contributed by atoms with Gasteiger partial charge in [0.1, 0.15) is 17.6 Å². The number of amidine groups is 1. The van der Waals surface area contributed by atoms with Crippen LogP contribution in [0.25, 0.3) is 0 Å². The van der Waals surface area contributed by atoms with Crippen molar-refractivity contribution in [1.29, 1.82) is 0 Å². The summed E-state index contributed by atoms with van der Waals surface area (Å²) in [6.07, 6.45) is 4.44. The lowest BCUT2D eigenvalue weighted by molar-refractivity contribution is 0.406. The first-order valence-corrected chi connectivity index (χ1v) is 7.90. The lowest BCUT2D eigenvalue weighted by Crippen LogP contribution is -2.29. The van der Waals surface area contributed by atoms with Crippen LogP contribution in [0.15, 0.2) is 46.1 Å². The van der Waals surface area contributed by atoms with Gasteiger partial charge in [0.05, 0.1) is 7.11 Å². The van der Waals surface area contributed by atoms with Gasteiger partial charge in [0, 0.05) is 42.9 Å². The van der Waals surface area contributed by atoms with E-state index in [0.717, 1.165) is 33.6 Å². The summed E-state index contributed by atoms with van der Waals surface area (Å²) in [4.78, 5) is 11.3. The zero-order valence-corrected chi connectivity index (χ0v) is 16.9. The molecule has 2 aromatic rings. The SMILES string of the molecule is COc1ccc(Br)c2c1C(c1cccnc1)N=C(N(C)C)C2.Cl.Cl. The van der Waals surface area contributed by atoms with E-state index in [4.69, 9.17) is 9.73 Å². The lowest BCUT2D eigenvalue weighted by atomic mass is 9.90. The van der Waals surface area contributed by atoms with Gasteiger partial charge < -0.3 is 9.64 Å². The summed E-state index contributed by atoms with van der Waals surface area (Å²) in [5.41, 5.74) is 3.42. The van der Waals surface area contributed by atoms with Crippen molar-refractivity contribution < 1.29 is 4.74 Å². The van der Waals surface area contributed by atoms with Gasteiger partial charge in [0.25, 0.3) is 0 Å². The van der Waals surface area contributed by atoms with Crippen molar-refractivity contribution in [3.8, 4) is 5.75 Å². The van der Waals surface area contributed by atoms with Gasteiger partial charge in [-0.25, -0.2) is 0 Å². The third-order valence-corrected chi connectivity index (χ3v) is 4.63. The van der Waals surface area contributed by atoms with Crippen LogP contribution in [0.4, 0.5) is 0 Å². The van der Waals surface area contributed by atoms with Gasteiger partial charge in [-0.3, -0.25) is 9.98 Å². The number of nitrogens with zero attached hydrogens (tertiary/aromatic N) is 3. The van der Waals surface area contributed by atoms with Crippen molar-refractivity contribution in [2.75, 3.05) is 21.2 Å². The van der Waals surface area contributed by atoms with Gasteiger partial charge >= 0.3 is 0 Å². The van der Waals surface area contributed by atoms with Gasteiger partial charge in [0.2, 0.25) is 0 Å². The minimum absolute atomic E-state index is 0. The second-order valence-corrected chi connectivity index (χ2v) is 6.30. The van der Waals surface area contributed by atoms with Crippen molar-refractivity contribution >= 4 is 46.6 Å². The second kappa shape index (κ2) is 8.70. The molecule has 0 bridgehead atoms. The Bertz CT molecular complexity index is 723. The molecule has 1 aliphatic heterocycles. The highest BCUT2D eigenvalue weighted by Crippen LogP contribution is 2.41. The first kappa shape index (κ1) is 20.7. The van der Waals surface area contributed by atoms with Crippen molar-refractivity contribution in [3.63, 3.8) is 0 Å². The number of likely N-dealkylation sites (N-methyl/N-ethyl adjacent to an activating group) is 1. The first-order chi connectivity index (χ1) is 10.6. The maximum absolute atomic E-state index is 5.59. The summed E-state index contributed by atoms with van der Waals surface area (Å²) in [6.45, 7) is 0. The fourth-order valence-corrected chi connectivity index (χ4v) is 3.23. The molecular formula is C17H20BrCl2N3O. The smallest absolute Gasteiger partial charge is 0.124 e. The Morgan fingerprint density at radius 2 is 1.96 bits per heavy atom. The van der Waals surface area contributed by atoms with E-state index in [1.165, 1.54) is 5.56 Å². The number of pyridine rings is 1. The summed E-state index contributed by atoms with van der Waals surface area (Å²) in [6, 6.07) is 7.93. The normalized spacial score (nSPS) is 15.3. The van der Waals surface area contributed by atoms with E-state index >= 15 is 0 Å². The van der Waals surface area contributed by atoms with E-state index in [-0.39, 0.29) is 30.9 Å². The van der Waals surface area contributed by atoms with E-state index in [1.807, 2.05) is 38.5 Å². The quantitative estimate of drug-likeness (QED) is 0.709. The third kappa shape index (κ3) is 3.85. The number of fused-ring (bicyclic) bond motifs is 1. The molecule has 0 aliphatic carbocycles. The molecule has 0 spiro atoms. The van der Waals surface area contributed by atoms with Crippen LogP contribution >= 0.6 is 40.7 Å². The maximum Gasteiger partial charge on any atom is 0.124 e. The monoisotopic (exact) mass is 431 g/mol. The average molecular weight is 433 g/mol. The topological polar surface area (TPSA) is 37.7 Å². The largest absolute Gasteiger partial charge is 0.496 e. The van der Waals surface area contributed by atoms with Crippen LogP contribution in [-0.4, -0.2) is 36.9 Å². The van der Waals surface area contributed by atoms with Crippen LogP contribution in [0, 0.1) is 0 Å². The number of aliphatic imine (C=N–C) groups is 1. The van der Waals surface area contributed by atoms with E-state index < -0.39 is 0 Å². The molecule has 2 heterocycles. The number of hydrogen-bond acceptors (Lipinski definition) is 4. The molecule has 1 aromatic carbocycles. The molecule has 0 saturated heterocycles. The molecule has 0 fully saturated rings. The highest BCUT2D eigenvalue weighted by molar-refractivity contribution is 9.10. The maximum atomic E-state index is 5.59. The fourth-order valence-electron chi connectivity index (χ4n) is 2.74. The molecule has 4 nitrogen and oxygen atoms in total. The van der Waals surface area contributed by atoms with E-state index in [2.05, 4.69) is 31.9 Å².